The van der Waals surface area contributed by atoms with Crippen LogP contribution in [0.15, 0.2) is 30.3 Å². The molecule has 1 atom stereocenters. The lowest BCUT2D eigenvalue weighted by Gasteiger charge is -2.30. The van der Waals surface area contributed by atoms with Crippen LogP contribution in [0.2, 0.25) is 0 Å². The van der Waals surface area contributed by atoms with Gasteiger partial charge in [-0.2, -0.15) is 0 Å². The van der Waals surface area contributed by atoms with Crippen molar-refractivity contribution in [3.05, 3.63) is 47.0 Å². The average Bonchev–Trinajstić information content (AvgIpc) is 2.59. The smallest absolute Gasteiger partial charge is 0.181 e. The van der Waals surface area contributed by atoms with Crippen LogP contribution >= 0.6 is 0 Å². The summed E-state index contributed by atoms with van der Waals surface area (Å²) in [5, 5.41) is 19.7. The van der Waals surface area contributed by atoms with Crippen molar-refractivity contribution >= 4 is 11.9 Å². The van der Waals surface area contributed by atoms with Crippen LogP contribution in [0.5, 0.6) is 28.7 Å². The number of carbonyl (C=O) groups is 1. The summed E-state index contributed by atoms with van der Waals surface area (Å²) in [7, 11) is 1.53. The topological polar surface area (TPSA) is 85.2 Å². The molecule has 0 aliphatic carbocycles. The molecule has 2 aromatic rings. The maximum absolute atomic E-state index is 13.1. The molecule has 6 nitrogen and oxygen atoms in total. The van der Waals surface area contributed by atoms with Gasteiger partial charge in [-0.05, 0) is 26.0 Å². The summed E-state index contributed by atoms with van der Waals surface area (Å²) in [6, 6.07) is 6.08. The standard InChI is InChI=1S/C21H20O6/c1-21(2)5-4-11-6-13(17(25-3)9-16(11)27-21)14-10-26-18-8-12(22)7-15(23)19(18)20(14)24/h4-9,14,22-23H,10H2,1-3H3/t14-/m1/s1. The molecule has 0 amide bonds. The summed E-state index contributed by atoms with van der Waals surface area (Å²) in [6.07, 6.45) is 3.91. The molecular weight excluding hydrogens is 348 g/mol. The van der Waals surface area contributed by atoms with E-state index in [1.165, 1.54) is 13.2 Å². The minimum atomic E-state index is -0.642. The quantitative estimate of drug-likeness (QED) is 0.842. The van der Waals surface area contributed by atoms with Gasteiger partial charge < -0.3 is 24.4 Å². The lowest BCUT2D eigenvalue weighted by Crippen LogP contribution is -2.29. The molecule has 0 spiro atoms. The third-order valence-electron chi connectivity index (χ3n) is 4.81. The minimum Gasteiger partial charge on any atom is -0.508 e. The SMILES string of the molecule is COc1cc2c(cc1[C@H]1COc3cc(O)cc(O)c3C1=O)C=CC(C)(C)O2. The molecule has 2 aliphatic heterocycles. The Balaban J connectivity index is 1.79. The number of hydrogen-bond donors (Lipinski definition) is 2. The molecule has 0 bridgehead atoms. The molecule has 0 radical (unpaired) electrons. The molecule has 2 heterocycles. The Kier molecular flexibility index (Phi) is 3.80. The van der Waals surface area contributed by atoms with E-state index >= 15 is 0 Å². The minimum absolute atomic E-state index is 0.0664. The van der Waals surface area contributed by atoms with Gasteiger partial charge >= 0.3 is 0 Å². The molecular formula is C21H20O6. The van der Waals surface area contributed by atoms with Gasteiger partial charge in [0.25, 0.3) is 0 Å². The van der Waals surface area contributed by atoms with E-state index in [0.717, 1.165) is 11.6 Å². The first kappa shape index (κ1) is 17.3. The van der Waals surface area contributed by atoms with Crippen molar-refractivity contribution in [1.82, 2.24) is 0 Å². The van der Waals surface area contributed by atoms with Crippen LogP contribution in [0, 0.1) is 0 Å². The first-order valence-corrected chi connectivity index (χ1v) is 8.62. The number of aromatic hydroxyl groups is 2. The number of rotatable bonds is 2. The monoisotopic (exact) mass is 368 g/mol. The number of phenols is 2. The van der Waals surface area contributed by atoms with E-state index in [4.69, 9.17) is 14.2 Å². The van der Waals surface area contributed by atoms with Crippen LogP contribution < -0.4 is 14.2 Å². The molecule has 2 aromatic carbocycles. The summed E-state index contributed by atoms with van der Waals surface area (Å²) in [4.78, 5) is 13.1. The number of phenolic OH excluding ortho intramolecular Hbond substituents is 2. The van der Waals surface area contributed by atoms with Gasteiger partial charge in [0.05, 0.1) is 13.0 Å². The highest BCUT2D eigenvalue weighted by Gasteiger charge is 2.36. The van der Waals surface area contributed by atoms with Crippen molar-refractivity contribution in [2.24, 2.45) is 0 Å². The maximum Gasteiger partial charge on any atom is 0.181 e. The first-order chi connectivity index (χ1) is 12.8. The van der Waals surface area contributed by atoms with Crippen molar-refractivity contribution < 1.29 is 29.2 Å². The lowest BCUT2D eigenvalue weighted by molar-refractivity contribution is 0.0889. The Morgan fingerprint density at radius 1 is 1.15 bits per heavy atom. The van der Waals surface area contributed by atoms with Crippen molar-refractivity contribution in [2.75, 3.05) is 13.7 Å². The van der Waals surface area contributed by atoms with Gasteiger partial charge in [-0.25, -0.2) is 0 Å². The molecule has 0 saturated heterocycles. The van der Waals surface area contributed by atoms with Crippen LogP contribution in [0.1, 0.15) is 41.3 Å². The summed E-state index contributed by atoms with van der Waals surface area (Å²) < 4.78 is 17.1. The van der Waals surface area contributed by atoms with Gasteiger partial charge in [-0.15, -0.1) is 0 Å². The van der Waals surface area contributed by atoms with E-state index in [1.807, 2.05) is 32.1 Å². The van der Waals surface area contributed by atoms with Crippen molar-refractivity contribution in [3.63, 3.8) is 0 Å². The van der Waals surface area contributed by atoms with Crippen LogP contribution in [0.25, 0.3) is 6.08 Å². The van der Waals surface area contributed by atoms with E-state index in [-0.39, 0.29) is 35.2 Å². The molecule has 0 fully saturated rings. The number of fused-ring (bicyclic) bond motifs is 2. The van der Waals surface area contributed by atoms with E-state index in [9.17, 15) is 15.0 Å². The van der Waals surface area contributed by atoms with Crippen LogP contribution in [0.3, 0.4) is 0 Å². The number of benzene rings is 2. The number of Topliss-reactive ketones (excluding diaryl/α,β-unsaturated/α-hetero) is 1. The lowest BCUT2D eigenvalue weighted by atomic mass is 9.86. The van der Waals surface area contributed by atoms with Gasteiger partial charge in [0, 0.05) is 29.3 Å². The molecule has 27 heavy (non-hydrogen) atoms. The second kappa shape index (κ2) is 5.94. The molecule has 140 valence electrons. The Hall–Kier alpha value is -3.15. The van der Waals surface area contributed by atoms with Crippen molar-refractivity contribution in [3.8, 4) is 28.7 Å². The van der Waals surface area contributed by atoms with E-state index in [2.05, 4.69) is 0 Å². The Bertz CT molecular complexity index is 973. The van der Waals surface area contributed by atoms with E-state index in [1.54, 1.807) is 6.07 Å². The van der Waals surface area contributed by atoms with Gasteiger partial charge in [-0.1, -0.05) is 6.08 Å². The Labute approximate surface area is 156 Å². The summed E-state index contributed by atoms with van der Waals surface area (Å²) in [6.45, 7) is 4.00. The molecule has 0 unspecified atom stereocenters. The molecule has 2 N–H and O–H groups in total. The summed E-state index contributed by atoms with van der Waals surface area (Å²) >= 11 is 0. The zero-order valence-corrected chi connectivity index (χ0v) is 15.3. The predicted octanol–water partition coefficient (Wildman–Crippen LogP) is 3.65. The van der Waals surface area contributed by atoms with Crippen LogP contribution in [-0.4, -0.2) is 35.3 Å². The number of hydrogen-bond acceptors (Lipinski definition) is 6. The third kappa shape index (κ3) is 2.87. The largest absolute Gasteiger partial charge is 0.508 e. The van der Waals surface area contributed by atoms with Crippen molar-refractivity contribution in [2.45, 2.75) is 25.4 Å². The maximum atomic E-state index is 13.1. The summed E-state index contributed by atoms with van der Waals surface area (Å²) in [5.74, 6) is -0.0143. The number of ether oxygens (including phenoxy) is 3. The molecule has 6 heteroatoms. The third-order valence-corrected chi connectivity index (χ3v) is 4.81. The normalized spacial score (nSPS) is 19.5. The molecule has 0 aromatic heterocycles. The van der Waals surface area contributed by atoms with Gasteiger partial charge in [-0.3, -0.25) is 4.79 Å². The number of carbonyl (C=O) groups excluding carboxylic acids is 1. The van der Waals surface area contributed by atoms with E-state index < -0.39 is 11.5 Å². The second-order valence-electron chi connectivity index (χ2n) is 7.24. The van der Waals surface area contributed by atoms with Crippen molar-refractivity contribution in [1.29, 1.82) is 0 Å². The van der Waals surface area contributed by atoms with Gasteiger partial charge in [0.2, 0.25) is 0 Å². The summed E-state index contributed by atoms with van der Waals surface area (Å²) in [5.41, 5.74) is 1.15. The zero-order valence-electron chi connectivity index (χ0n) is 15.3. The fraction of sp³-hybridized carbons (Fsp3) is 0.286. The van der Waals surface area contributed by atoms with E-state index in [0.29, 0.717) is 17.1 Å². The highest BCUT2D eigenvalue weighted by molar-refractivity contribution is 6.07. The fourth-order valence-electron chi connectivity index (χ4n) is 3.47. The first-order valence-electron chi connectivity index (χ1n) is 8.62. The second-order valence-corrected chi connectivity index (χ2v) is 7.24. The van der Waals surface area contributed by atoms with Crippen LogP contribution in [0.4, 0.5) is 0 Å². The molecule has 4 rings (SSSR count). The van der Waals surface area contributed by atoms with Crippen LogP contribution in [-0.2, 0) is 0 Å². The predicted molar refractivity (Wildman–Crippen MR) is 99.1 cm³/mol. The molecule has 0 saturated carbocycles. The number of ketones is 1. The fourth-order valence-corrected chi connectivity index (χ4v) is 3.47. The zero-order chi connectivity index (χ0) is 19.3. The van der Waals surface area contributed by atoms with Gasteiger partial charge in [0.15, 0.2) is 5.78 Å². The highest BCUT2D eigenvalue weighted by Crippen LogP contribution is 2.44. The Morgan fingerprint density at radius 3 is 2.67 bits per heavy atom. The highest BCUT2D eigenvalue weighted by atomic mass is 16.5. The Morgan fingerprint density at radius 2 is 1.93 bits per heavy atom. The molecule has 2 aliphatic rings. The number of methoxy groups -OCH3 is 1. The van der Waals surface area contributed by atoms with Gasteiger partial charge in [0.1, 0.15) is 46.5 Å². The average molecular weight is 368 g/mol.